The average molecular weight is 182 g/mol. The van der Waals surface area contributed by atoms with Crippen molar-refractivity contribution in [3.05, 3.63) is 0 Å². The van der Waals surface area contributed by atoms with E-state index >= 15 is 0 Å². The molecule has 2 rings (SSSR count). The van der Waals surface area contributed by atoms with Gasteiger partial charge < -0.3 is 5.32 Å². The van der Waals surface area contributed by atoms with E-state index in [1.807, 2.05) is 0 Å². The standard InChI is InChI=1S/C11H22N2/c1-9(2)11-5-3-4-10-8-12-6-7-13(10)11/h9-12H,3-8H2,1-2H3. The molecule has 2 heterocycles. The summed E-state index contributed by atoms with van der Waals surface area (Å²) in [6, 6.07) is 1.70. The van der Waals surface area contributed by atoms with E-state index in [2.05, 4.69) is 24.1 Å². The first-order chi connectivity index (χ1) is 6.29. The molecule has 2 heteroatoms. The van der Waals surface area contributed by atoms with Gasteiger partial charge in [-0.2, -0.15) is 0 Å². The lowest BCUT2D eigenvalue weighted by Crippen LogP contribution is -2.58. The van der Waals surface area contributed by atoms with E-state index in [1.165, 1.54) is 38.9 Å². The molecule has 0 bridgehead atoms. The van der Waals surface area contributed by atoms with Crippen LogP contribution >= 0.6 is 0 Å². The predicted octanol–water partition coefficient (Wildman–Crippen LogP) is 1.47. The summed E-state index contributed by atoms with van der Waals surface area (Å²) in [6.07, 6.45) is 4.27. The minimum Gasteiger partial charge on any atom is -0.314 e. The van der Waals surface area contributed by atoms with Crippen molar-refractivity contribution in [3.63, 3.8) is 0 Å². The molecular weight excluding hydrogens is 160 g/mol. The number of hydrogen-bond acceptors (Lipinski definition) is 2. The van der Waals surface area contributed by atoms with Crippen LogP contribution in [0.15, 0.2) is 0 Å². The van der Waals surface area contributed by atoms with E-state index in [1.54, 1.807) is 0 Å². The molecule has 0 saturated carbocycles. The van der Waals surface area contributed by atoms with Gasteiger partial charge in [0.2, 0.25) is 0 Å². The Kier molecular flexibility index (Phi) is 2.89. The molecule has 0 amide bonds. The predicted molar refractivity (Wildman–Crippen MR) is 55.8 cm³/mol. The third-order valence-electron chi connectivity index (χ3n) is 3.63. The number of rotatable bonds is 1. The Morgan fingerprint density at radius 2 is 2.15 bits per heavy atom. The molecule has 2 nitrogen and oxygen atoms in total. The summed E-state index contributed by atoms with van der Waals surface area (Å²) < 4.78 is 0. The van der Waals surface area contributed by atoms with Gasteiger partial charge in [0.1, 0.15) is 0 Å². The molecule has 2 saturated heterocycles. The molecule has 0 aromatic rings. The SMILES string of the molecule is CC(C)C1CCCC2CNCCN21. The van der Waals surface area contributed by atoms with Crippen molar-refractivity contribution in [3.8, 4) is 0 Å². The Balaban J connectivity index is 2.02. The van der Waals surface area contributed by atoms with Crippen LogP contribution in [0.5, 0.6) is 0 Å². The van der Waals surface area contributed by atoms with Gasteiger partial charge in [-0.15, -0.1) is 0 Å². The third kappa shape index (κ3) is 1.89. The summed E-state index contributed by atoms with van der Waals surface area (Å²) in [6.45, 7) is 8.43. The fourth-order valence-corrected chi connectivity index (χ4v) is 2.93. The van der Waals surface area contributed by atoms with Gasteiger partial charge in [-0.05, 0) is 18.8 Å². The van der Waals surface area contributed by atoms with Gasteiger partial charge in [0.15, 0.2) is 0 Å². The maximum absolute atomic E-state index is 3.50. The Bertz CT molecular complexity index is 165. The van der Waals surface area contributed by atoms with Crippen LogP contribution in [0.1, 0.15) is 33.1 Å². The van der Waals surface area contributed by atoms with Crippen LogP contribution in [-0.2, 0) is 0 Å². The first kappa shape index (κ1) is 9.47. The Morgan fingerprint density at radius 3 is 2.92 bits per heavy atom. The minimum absolute atomic E-state index is 0.834. The van der Waals surface area contributed by atoms with Crippen LogP contribution in [0.25, 0.3) is 0 Å². The summed E-state index contributed by atoms with van der Waals surface area (Å²) in [5, 5.41) is 3.50. The van der Waals surface area contributed by atoms with E-state index in [4.69, 9.17) is 0 Å². The van der Waals surface area contributed by atoms with Gasteiger partial charge in [-0.1, -0.05) is 20.3 Å². The van der Waals surface area contributed by atoms with Crippen molar-refractivity contribution in [2.45, 2.75) is 45.2 Å². The van der Waals surface area contributed by atoms with Gasteiger partial charge in [0.05, 0.1) is 0 Å². The van der Waals surface area contributed by atoms with Crippen molar-refractivity contribution >= 4 is 0 Å². The fourth-order valence-electron chi connectivity index (χ4n) is 2.93. The maximum Gasteiger partial charge on any atom is 0.0224 e. The molecule has 0 aromatic carbocycles. The van der Waals surface area contributed by atoms with Crippen LogP contribution in [-0.4, -0.2) is 36.6 Å². The van der Waals surface area contributed by atoms with Crippen molar-refractivity contribution in [1.82, 2.24) is 10.2 Å². The molecule has 0 radical (unpaired) electrons. The second-order valence-corrected chi connectivity index (χ2v) is 4.84. The largest absolute Gasteiger partial charge is 0.314 e. The lowest BCUT2D eigenvalue weighted by molar-refractivity contribution is 0.0387. The van der Waals surface area contributed by atoms with E-state index < -0.39 is 0 Å². The minimum atomic E-state index is 0.834. The number of nitrogens with one attached hydrogen (secondary N) is 1. The lowest BCUT2D eigenvalue weighted by Gasteiger charge is -2.47. The van der Waals surface area contributed by atoms with Gasteiger partial charge in [-0.25, -0.2) is 0 Å². The molecule has 2 aliphatic heterocycles. The Hall–Kier alpha value is -0.0800. The highest BCUT2D eigenvalue weighted by molar-refractivity contribution is 4.90. The molecule has 2 unspecified atom stereocenters. The molecule has 76 valence electrons. The molecule has 2 fully saturated rings. The zero-order valence-corrected chi connectivity index (χ0v) is 8.92. The van der Waals surface area contributed by atoms with Crippen LogP contribution in [0.4, 0.5) is 0 Å². The van der Waals surface area contributed by atoms with E-state index in [9.17, 15) is 0 Å². The Labute approximate surface area is 81.7 Å². The van der Waals surface area contributed by atoms with Crippen LogP contribution in [0.2, 0.25) is 0 Å². The molecule has 13 heavy (non-hydrogen) atoms. The molecule has 1 N–H and O–H groups in total. The average Bonchev–Trinajstić information content (AvgIpc) is 2.17. The van der Waals surface area contributed by atoms with Crippen LogP contribution < -0.4 is 5.32 Å². The van der Waals surface area contributed by atoms with E-state index in [-0.39, 0.29) is 0 Å². The number of nitrogens with zero attached hydrogens (tertiary/aromatic N) is 1. The zero-order valence-electron chi connectivity index (χ0n) is 8.92. The lowest BCUT2D eigenvalue weighted by atomic mass is 9.88. The molecule has 2 aliphatic rings. The fraction of sp³-hybridized carbons (Fsp3) is 1.00. The van der Waals surface area contributed by atoms with Gasteiger partial charge in [0, 0.05) is 31.7 Å². The van der Waals surface area contributed by atoms with Gasteiger partial charge in [0.25, 0.3) is 0 Å². The molecule has 0 aliphatic carbocycles. The Morgan fingerprint density at radius 1 is 1.31 bits per heavy atom. The summed E-state index contributed by atoms with van der Waals surface area (Å²) in [7, 11) is 0. The molecule has 0 aromatic heterocycles. The van der Waals surface area contributed by atoms with Gasteiger partial charge in [-0.3, -0.25) is 4.90 Å². The summed E-state index contributed by atoms with van der Waals surface area (Å²) in [4.78, 5) is 2.75. The number of piperidine rings is 1. The van der Waals surface area contributed by atoms with Crippen molar-refractivity contribution < 1.29 is 0 Å². The monoisotopic (exact) mass is 182 g/mol. The number of piperazine rings is 1. The first-order valence-corrected chi connectivity index (χ1v) is 5.75. The zero-order chi connectivity index (χ0) is 9.26. The smallest absolute Gasteiger partial charge is 0.0224 e. The van der Waals surface area contributed by atoms with Crippen molar-refractivity contribution in [2.24, 2.45) is 5.92 Å². The van der Waals surface area contributed by atoms with Crippen LogP contribution in [0.3, 0.4) is 0 Å². The molecule has 0 spiro atoms. The topological polar surface area (TPSA) is 15.3 Å². The molecule has 2 atom stereocenters. The summed E-state index contributed by atoms with van der Waals surface area (Å²) in [5.74, 6) is 0.834. The second-order valence-electron chi connectivity index (χ2n) is 4.84. The number of fused-ring (bicyclic) bond motifs is 1. The molecular formula is C11H22N2. The number of hydrogen-bond donors (Lipinski definition) is 1. The second kappa shape index (κ2) is 3.97. The van der Waals surface area contributed by atoms with Crippen molar-refractivity contribution in [1.29, 1.82) is 0 Å². The summed E-state index contributed by atoms with van der Waals surface area (Å²) in [5.41, 5.74) is 0. The highest BCUT2D eigenvalue weighted by atomic mass is 15.2. The highest BCUT2D eigenvalue weighted by Gasteiger charge is 2.33. The third-order valence-corrected chi connectivity index (χ3v) is 3.63. The van der Waals surface area contributed by atoms with Crippen LogP contribution in [0, 0.1) is 5.92 Å². The summed E-state index contributed by atoms with van der Waals surface area (Å²) >= 11 is 0. The van der Waals surface area contributed by atoms with Crippen molar-refractivity contribution in [2.75, 3.05) is 19.6 Å². The van der Waals surface area contributed by atoms with Gasteiger partial charge >= 0.3 is 0 Å². The normalized spacial score (nSPS) is 36.2. The van der Waals surface area contributed by atoms with E-state index in [0.717, 1.165) is 18.0 Å². The quantitative estimate of drug-likeness (QED) is 0.660. The highest BCUT2D eigenvalue weighted by Crippen LogP contribution is 2.28. The maximum atomic E-state index is 3.50. The van der Waals surface area contributed by atoms with E-state index in [0.29, 0.717) is 0 Å². The first-order valence-electron chi connectivity index (χ1n) is 5.75.